The first kappa shape index (κ1) is 15.5. The van der Waals surface area contributed by atoms with Crippen LogP contribution in [-0.2, 0) is 0 Å². The van der Waals surface area contributed by atoms with Gasteiger partial charge in [-0.05, 0) is 36.2 Å². The number of hydrogen-bond acceptors (Lipinski definition) is 2. The van der Waals surface area contributed by atoms with Crippen molar-refractivity contribution in [1.29, 1.82) is 0 Å². The zero-order chi connectivity index (χ0) is 14.7. The number of rotatable bonds is 4. The Morgan fingerprint density at radius 1 is 1.20 bits per heavy atom. The van der Waals surface area contributed by atoms with Gasteiger partial charge in [-0.25, -0.2) is 0 Å². The molecule has 0 fully saturated rings. The molecule has 0 aliphatic rings. The van der Waals surface area contributed by atoms with Crippen LogP contribution < -0.4 is 5.73 Å². The fourth-order valence-corrected chi connectivity index (χ4v) is 3.21. The van der Waals surface area contributed by atoms with Crippen LogP contribution in [0.15, 0.2) is 46.9 Å². The summed E-state index contributed by atoms with van der Waals surface area (Å²) in [6.45, 7) is 2.40. The van der Waals surface area contributed by atoms with Crippen molar-refractivity contribution >= 4 is 27.5 Å². The molecule has 0 aliphatic carbocycles. The van der Waals surface area contributed by atoms with Gasteiger partial charge in [-0.15, -0.1) is 0 Å². The third-order valence-electron chi connectivity index (χ3n) is 3.33. The van der Waals surface area contributed by atoms with Gasteiger partial charge in [0.1, 0.15) is 0 Å². The van der Waals surface area contributed by atoms with Crippen LogP contribution in [0.1, 0.15) is 28.7 Å². The Labute approximate surface area is 132 Å². The van der Waals surface area contributed by atoms with E-state index in [4.69, 9.17) is 17.3 Å². The highest BCUT2D eigenvalue weighted by Crippen LogP contribution is 2.33. The van der Waals surface area contributed by atoms with E-state index in [1.54, 1.807) is 12.1 Å². The first-order valence-electron chi connectivity index (χ1n) is 6.42. The van der Waals surface area contributed by atoms with Gasteiger partial charge < -0.3 is 10.8 Å². The number of aliphatic hydroxyl groups excluding tert-OH is 1. The van der Waals surface area contributed by atoms with Gasteiger partial charge in [0.05, 0.1) is 6.10 Å². The zero-order valence-corrected chi connectivity index (χ0v) is 13.5. The Hall–Kier alpha value is -0.870. The molecule has 0 radical (unpaired) electrons. The van der Waals surface area contributed by atoms with Crippen molar-refractivity contribution in [2.45, 2.75) is 18.9 Å². The number of halogens is 2. The van der Waals surface area contributed by atoms with Crippen LogP contribution in [0.5, 0.6) is 0 Å². The number of aryl methyl sites for hydroxylation is 1. The molecule has 2 nitrogen and oxygen atoms in total. The average molecular weight is 355 g/mol. The van der Waals surface area contributed by atoms with Crippen LogP contribution in [0.25, 0.3) is 0 Å². The largest absolute Gasteiger partial charge is 0.388 e. The monoisotopic (exact) mass is 353 g/mol. The molecule has 0 saturated heterocycles. The minimum absolute atomic E-state index is 0.153. The van der Waals surface area contributed by atoms with Crippen molar-refractivity contribution in [3.8, 4) is 0 Å². The van der Waals surface area contributed by atoms with Gasteiger partial charge in [0.2, 0.25) is 0 Å². The molecule has 0 aromatic heterocycles. The fourth-order valence-electron chi connectivity index (χ4n) is 2.33. The summed E-state index contributed by atoms with van der Waals surface area (Å²) in [6, 6.07) is 13.5. The van der Waals surface area contributed by atoms with Gasteiger partial charge >= 0.3 is 0 Å². The van der Waals surface area contributed by atoms with Crippen LogP contribution >= 0.6 is 27.5 Å². The van der Waals surface area contributed by atoms with Crippen molar-refractivity contribution in [2.24, 2.45) is 5.73 Å². The lowest BCUT2D eigenvalue weighted by molar-refractivity contribution is 0.147. The van der Waals surface area contributed by atoms with Gasteiger partial charge in [-0.2, -0.15) is 0 Å². The fraction of sp³-hybridized carbons (Fsp3) is 0.250. The summed E-state index contributed by atoms with van der Waals surface area (Å²) in [7, 11) is 0. The normalized spacial score (nSPS) is 14.1. The predicted octanol–water partition coefficient (Wildman–Crippen LogP) is 4.19. The second-order valence-electron chi connectivity index (χ2n) is 4.90. The maximum Gasteiger partial charge on any atom is 0.0871 e. The molecule has 0 amide bonds. The minimum atomic E-state index is -0.684. The Morgan fingerprint density at radius 2 is 1.95 bits per heavy atom. The summed E-state index contributed by atoms with van der Waals surface area (Å²) in [5, 5.41) is 11.2. The van der Waals surface area contributed by atoms with Crippen molar-refractivity contribution in [1.82, 2.24) is 0 Å². The molecule has 0 heterocycles. The van der Waals surface area contributed by atoms with E-state index >= 15 is 0 Å². The molecule has 0 bridgehead atoms. The lowest BCUT2D eigenvalue weighted by Crippen LogP contribution is -2.20. The number of benzene rings is 2. The van der Waals surface area contributed by atoms with Gasteiger partial charge in [0.25, 0.3) is 0 Å². The summed E-state index contributed by atoms with van der Waals surface area (Å²) in [5.74, 6) is -0.153. The van der Waals surface area contributed by atoms with Crippen LogP contribution in [0.4, 0.5) is 0 Å². The molecule has 2 aromatic rings. The summed E-state index contributed by atoms with van der Waals surface area (Å²) >= 11 is 9.43. The van der Waals surface area contributed by atoms with Crippen LogP contribution in [0.3, 0.4) is 0 Å². The molecular formula is C16H17BrClNO. The van der Waals surface area contributed by atoms with E-state index in [-0.39, 0.29) is 5.92 Å². The maximum absolute atomic E-state index is 10.6. The van der Waals surface area contributed by atoms with E-state index in [9.17, 15) is 5.11 Å². The minimum Gasteiger partial charge on any atom is -0.388 e. The van der Waals surface area contributed by atoms with Crippen molar-refractivity contribution < 1.29 is 5.11 Å². The highest BCUT2D eigenvalue weighted by molar-refractivity contribution is 9.10. The standard InChI is InChI=1S/C16H17BrClNO/c1-10-3-2-4-11(5-10)15(9-19)16(20)12-6-13(17)8-14(18)7-12/h2-8,15-16,20H,9,19H2,1H3. The molecule has 2 unspecified atom stereocenters. The number of nitrogens with two attached hydrogens (primary N) is 1. The molecule has 0 spiro atoms. The highest BCUT2D eigenvalue weighted by atomic mass is 79.9. The quantitative estimate of drug-likeness (QED) is 0.865. The van der Waals surface area contributed by atoms with E-state index < -0.39 is 6.10 Å². The second kappa shape index (κ2) is 6.72. The molecule has 0 aliphatic heterocycles. The Balaban J connectivity index is 2.35. The molecule has 4 heteroatoms. The van der Waals surface area contributed by atoms with Crippen molar-refractivity contribution in [3.05, 3.63) is 68.7 Å². The van der Waals surface area contributed by atoms with Crippen LogP contribution in [0, 0.1) is 6.92 Å². The van der Waals surface area contributed by atoms with Gasteiger partial charge in [-0.3, -0.25) is 0 Å². The molecule has 2 atom stereocenters. The first-order valence-corrected chi connectivity index (χ1v) is 7.59. The number of aliphatic hydroxyl groups is 1. The van der Waals surface area contributed by atoms with E-state index in [0.717, 1.165) is 21.2 Å². The number of hydrogen-bond donors (Lipinski definition) is 2. The van der Waals surface area contributed by atoms with E-state index in [0.29, 0.717) is 11.6 Å². The van der Waals surface area contributed by atoms with Crippen molar-refractivity contribution in [2.75, 3.05) is 6.54 Å². The molecule has 3 N–H and O–H groups in total. The smallest absolute Gasteiger partial charge is 0.0871 e. The summed E-state index contributed by atoms with van der Waals surface area (Å²) in [5.41, 5.74) is 8.82. The van der Waals surface area contributed by atoms with E-state index in [2.05, 4.69) is 22.0 Å². The highest BCUT2D eigenvalue weighted by Gasteiger charge is 2.22. The third kappa shape index (κ3) is 3.61. The summed E-state index contributed by atoms with van der Waals surface area (Å²) in [4.78, 5) is 0. The van der Waals surface area contributed by atoms with E-state index in [1.165, 1.54) is 0 Å². The third-order valence-corrected chi connectivity index (χ3v) is 4.01. The molecule has 20 heavy (non-hydrogen) atoms. The Bertz CT molecular complexity index is 583. The second-order valence-corrected chi connectivity index (χ2v) is 6.26. The molecule has 106 valence electrons. The van der Waals surface area contributed by atoms with Gasteiger partial charge in [0.15, 0.2) is 0 Å². The van der Waals surface area contributed by atoms with Crippen LogP contribution in [-0.4, -0.2) is 11.7 Å². The average Bonchev–Trinajstić information content (AvgIpc) is 2.38. The molecule has 2 aromatic carbocycles. The molecule has 0 saturated carbocycles. The van der Waals surface area contributed by atoms with Crippen molar-refractivity contribution in [3.63, 3.8) is 0 Å². The van der Waals surface area contributed by atoms with E-state index in [1.807, 2.05) is 31.2 Å². The lowest BCUT2D eigenvalue weighted by Gasteiger charge is -2.23. The lowest BCUT2D eigenvalue weighted by atomic mass is 9.88. The summed E-state index contributed by atoms with van der Waals surface area (Å²) in [6.07, 6.45) is -0.684. The Morgan fingerprint density at radius 3 is 2.55 bits per heavy atom. The SMILES string of the molecule is Cc1cccc(C(CN)C(O)c2cc(Cl)cc(Br)c2)c1. The topological polar surface area (TPSA) is 46.2 Å². The molecule has 2 rings (SSSR count). The molecular weight excluding hydrogens is 338 g/mol. The Kier molecular flexibility index (Phi) is 5.22. The predicted molar refractivity (Wildman–Crippen MR) is 87.1 cm³/mol. The van der Waals surface area contributed by atoms with Crippen LogP contribution in [0.2, 0.25) is 5.02 Å². The summed E-state index contributed by atoms with van der Waals surface area (Å²) < 4.78 is 0.846. The zero-order valence-electron chi connectivity index (χ0n) is 11.2. The first-order chi connectivity index (χ1) is 9.51. The maximum atomic E-state index is 10.6. The van der Waals surface area contributed by atoms with Gasteiger partial charge in [0, 0.05) is 22.0 Å². The van der Waals surface area contributed by atoms with Gasteiger partial charge in [-0.1, -0.05) is 57.4 Å².